The average Bonchev–Trinajstić information content (AvgIpc) is 2.83. The lowest BCUT2D eigenvalue weighted by Gasteiger charge is -2.16. The normalized spacial score (nSPS) is 16.9. The molecule has 1 N–H and O–H groups in total. The minimum Gasteiger partial charge on any atom is -0.309 e. The topological polar surface area (TPSA) is 72.7 Å². The monoisotopic (exact) mass is 415 g/mol. The fraction of sp³-hybridized carbons (Fsp3) is 0.176. The van der Waals surface area contributed by atoms with E-state index in [0.717, 1.165) is 21.3 Å². The quantitative estimate of drug-likeness (QED) is 0.692. The molecule has 0 radical (unpaired) electrons. The van der Waals surface area contributed by atoms with Crippen LogP contribution in [-0.2, 0) is 4.79 Å². The first-order chi connectivity index (χ1) is 12.1. The molecule has 0 spiro atoms. The summed E-state index contributed by atoms with van der Waals surface area (Å²) in [6.45, 7) is 1.94. The van der Waals surface area contributed by atoms with Gasteiger partial charge in [0.05, 0.1) is 16.7 Å². The number of thioether (sulfide) groups is 1. The van der Waals surface area contributed by atoms with E-state index in [2.05, 4.69) is 42.4 Å². The van der Waals surface area contributed by atoms with E-state index in [-0.39, 0.29) is 11.2 Å². The molecular weight excluding hydrogens is 402 g/mol. The van der Waals surface area contributed by atoms with Crippen molar-refractivity contribution in [3.8, 4) is 5.95 Å². The highest BCUT2D eigenvalue weighted by atomic mass is 79.9. The van der Waals surface area contributed by atoms with Crippen LogP contribution in [-0.4, -0.2) is 31.4 Å². The molecule has 4 rings (SSSR count). The van der Waals surface area contributed by atoms with Gasteiger partial charge in [0.2, 0.25) is 5.91 Å². The number of halogens is 1. The van der Waals surface area contributed by atoms with Gasteiger partial charge in [0.1, 0.15) is 5.82 Å². The van der Waals surface area contributed by atoms with Crippen molar-refractivity contribution in [1.82, 2.24) is 19.7 Å². The van der Waals surface area contributed by atoms with Gasteiger partial charge >= 0.3 is 0 Å². The van der Waals surface area contributed by atoms with Crippen LogP contribution in [0.2, 0.25) is 0 Å². The highest BCUT2D eigenvalue weighted by Gasteiger charge is 2.31. The first-order valence-electron chi connectivity index (χ1n) is 7.68. The van der Waals surface area contributed by atoms with Gasteiger partial charge in [-0.3, -0.25) is 4.79 Å². The summed E-state index contributed by atoms with van der Waals surface area (Å²) >= 11 is 5.22. The van der Waals surface area contributed by atoms with Gasteiger partial charge in [-0.1, -0.05) is 34.1 Å². The molecule has 1 aromatic carbocycles. The Bertz CT molecular complexity index is 943. The summed E-state index contributed by atoms with van der Waals surface area (Å²) in [5.41, 5.74) is 2.94. The molecule has 2 aromatic heterocycles. The number of carbonyl (C=O) groups excluding carboxylic acids is 1. The Morgan fingerprint density at radius 3 is 2.76 bits per heavy atom. The second-order valence-electron chi connectivity index (χ2n) is 5.57. The number of amides is 1. The summed E-state index contributed by atoms with van der Waals surface area (Å²) in [5.74, 6) is 1.39. The minimum absolute atomic E-state index is 0.0120. The second-order valence-corrected chi connectivity index (χ2v) is 7.52. The van der Waals surface area contributed by atoms with Crippen molar-refractivity contribution < 1.29 is 4.79 Å². The van der Waals surface area contributed by atoms with Crippen molar-refractivity contribution in [2.24, 2.45) is 0 Å². The highest BCUT2D eigenvalue weighted by molar-refractivity contribution is 9.10. The molecule has 6 nitrogen and oxygen atoms in total. The van der Waals surface area contributed by atoms with Crippen LogP contribution < -0.4 is 5.32 Å². The zero-order chi connectivity index (χ0) is 17.4. The summed E-state index contributed by atoms with van der Waals surface area (Å²) in [6.07, 6.45) is 3.31. The lowest BCUT2D eigenvalue weighted by molar-refractivity contribution is -0.113. The molecule has 0 bridgehead atoms. The molecule has 1 aliphatic heterocycles. The van der Waals surface area contributed by atoms with E-state index < -0.39 is 0 Å². The number of aryl methyl sites for hydroxylation is 1. The standard InChI is InChI=1S/C17H14BrN5OS/c1-10-14-15(11-5-2-3-6-12(11)18)25-9-13(24)21-16(14)23(22-10)17-19-7-4-8-20-17/h2-8,15H,9H2,1H3,(H,21,24)/t15-/m0/s1. The van der Waals surface area contributed by atoms with E-state index in [9.17, 15) is 4.79 Å². The van der Waals surface area contributed by atoms with Gasteiger partial charge in [-0.05, 0) is 24.6 Å². The SMILES string of the molecule is Cc1nn(-c2ncccn2)c2c1[C@H](c1ccccc1Br)SCC(=O)N2. The number of nitrogens with one attached hydrogen (secondary N) is 1. The maximum atomic E-state index is 12.3. The van der Waals surface area contributed by atoms with E-state index in [4.69, 9.17) is 0 Å². The van der Waals surface area contributed by atoms with Gasteiger partial charge in [-0.15, -0.1) is 11.8 Å². The predicted octanol–water partition coefficient (Wildman–Crippen LogP) is 3.51. The summed E-state index contributed by atoms with van der Waals surface area (Å²) in [4.78, 5) is 20.8. The molecule has 0 saturated carbocycles. The number of hydrogen-bond acceptors (Lipinski definition) is 5. The maximum absolute atomic E-state index is 12.3. The molecule has 0 saturated heterocycles. The first kappa shape index (κ1) is 16.3. The van der Waals surface area contributed by atoms with Gasteiger partial charge in [0, 0.05) is 22.4 Å². The molecule has 25 heavy (non-hydrogen) atoms. The first-order valence-corrected chi connectivity index (χ1v) is 9.52. The minimum atomic E-state index is -0.0575. The Kier molecular flexibility index (Phi) is 4.30. The maximum Gasteiger partial charge on any atom is 0.252 e. The van der Waals surface area contributed by atoms with E-state index in [1.807, 2.05) is 25.1 Å². The summed E-state index contributed by atoms with van der Waals surface area (Å²) < 4.78 is 2.62. The number of benzene rings is 1. The molecule has 126 valence electrons. The lowest BCUT2D eigenvalue weighted by atomic mass is 10.0. The fourth-order valence-corrected chi connectivity index (χ4v) is 4.75. The van der Waals surface area contributed by atoms with Gasteiger partial charge in [-0.25, -0.2) is 9.97 Å². The van der Waals surface area contributed by atoms with Crippen molar-refractivity contribution in [3.63, 3.8) is 0 Å². The zero-order valence-corrected chi connectivity index (χ0v) is 15.7. The predicted molar refractivity (Wildman–Crippen MR) is 101 cm³/mol. The third-order valence-electron chi connectivity index (χ3n) is 3.94. The van der Waals surface area contributed by atoms with Crippen LogP contribution in [0.5, 0.6) is 0 Å². The number of nitrogens with zero attached hydrogens (tertiary/aromatic N) is 4. The van der Waals surface area contributed by atoms with Crippen LogP contribution >= 0.6 is 27.7 Å². The number of carbonyl (C=O) groups is 1. The third kappa shape index (κ3) is 2.96. The van der Waals surface area contributed by atoms with Crippen molar-refractivity contribution in [2.45, 2.75) is 12.2 Å². The summed E-state index contributed by atoms with van der Waals surface area (Å²) in [5, 5.41) is 7.56. The van der Waals surface area contributed by atoms with E-state index in [1.165, 1.54) is 0 Å². The molecule has 0 fully saturated rings. The van der Waals surface area contributed by atoms with Gasteiger partial charge < -0.3 is 5.32 Å². The van der Waals surface area contributed by atoms with Crippen molar-refractivity contribution in [1.29, 1.82) is 0 Å². The molecule has 1 atom stereocenters. The van der Waals surface area contributed by atoms with E-state index >= 15 is 0 Å². The van der Waals surface area contributed by atoms with Crippen molar-refractivity contribution >= 4 is 39.4 Å². The van der Waals surface area contributed by atoms with Gasteiger partial charge in [-0.2, -0.15) is 9.78 Å². The number of hydrogen-bond donors (Lipinski definition) is 1. The van der Waals surface area contributed by atoms with Crippen molar-refractivity contribution in [3.05, 3.63) is 64.0 Å². The van der Waals surface area contributed by atoms with E-state index in [0.29, 0.717) is 17.5 Å². The highest BCUT2D eigenvalue weighted by Crippen LogP contribution is 2.45. The van der Waals surface area contributed by atoms with Crippen LogP contribution in [0.4, 0.5) is 5.82 Å². The molecule has 8 heteroatoms. The molecule has 1 amide bonds. The largest absolute Gasteiger partial charge is 0.309 e. The van der Waals surface area contributed by atoms with Crippen LogP contribution in [0.25, 0.3) is 5.95 Å². The summed E-state index contributed by atoms with van der Waals surface area (Å²) in [6, 6.07) is 9.80. The molecule has 3 aromatic rings. The van der Waals surface area contributed by atoms with Crippen LogP contribution in [0, 0.1) is 6.92 Å². The lowest BCUT2D eigenvalue weighted by Crippen LogP contribution is -2.16. The smallest absolute Gasteiger partial charge is 0.252 e. The van der Waals surface area contributed by atoms with E-state index in [1.54, 1.807) is 34.9 Å². The second kappa shape index (κ2) is 6.61. The summed E-state index contributed by atoms with van der Waals surface area (Å²) in [7, 11) is 0. The molecule has 0 aliphatic carbocycles. The van der Waals surface area contributed by atoms with Crippen LogP contribution in [0.3, 0.4) is 0 Å². The molecule has 0 unspecified atom stereocenters. The Morgan fingerprint density at radius 2 is 2.00 bits per heavy atom. The Hall–Kier alpha value is -2.19. The van der Waals surface area contributed by atoms with Crippen LogP contribution in [0.1, 0.15) is 22.1 Å². The molecule has 3 heterocycles. The number of rotatable bonds is 2. The fourth-order valence-electron chi connectivity index (χ4n) is 2.86. The number of aromatic nitrogens is 4. The number of anilines is 1. The van der Waals surface area contributed by atoms with Crippen molar-refractivity contribution in [2.75, 3.05) is 11.1 Å². The molecule has 1 aliphatic rings. The van der Waals surface area contributed by atoms with Crippen LogP contribution in [0.15, 0.2) is 47.2 Å². The Labute approximate surface area is 157 Å². The Balaban J connectivity index is 1.92. The average molecular weight is 416 g/mol. The molecular formula is C17H14BrN5OS. The van der Waals surface area contributed by atoms with Gasteiger partial charge in [0.15, 0.2) is 0 Å². The van der Waals surface area contributed by atoms with Gasteiger partial charge in [0.25, 0.3) is 5.95 Å². The third-order valence-corrected chi connectivity index (χ3v) is 5.91. The Morgan fingerprint density at radius 1 is 1.24 bits per heavy atom. The zero-order valence-electron chi connectivity index (χ0n) is 13.3. The number of fused-ring (bicyclic) bond motifs is 1.